The van der Waals surface area contributed by atoms with Gasteiger partial charge in [-0.15, -0.1) is 0 Å². The number of ether oxygens (including phenoxy) is 1. The van der Waals surface area contributed by atoms with E-state index in [1.807, 2.05) is 33.5 Å². The first-order chi connectivity index (χ1) is 16.4. The van der Waals surface area contributed by atoms with E-state index in [9.17, 15) is 4.79 Å². The highest BCUT2D eigenvalue weighted by Crippen LogP contribution is 2.37. The van der Waals surface area contributed by atoms with Gasteiger partial charge in [-0.1, -0.05) is 6.07 Å². The number of fused-ring (bicyclic) bond motifs is 2. The Labute approximate surface area is 198 Å². The molecule has 9 nitrogen and oxygen atoms in total. The number of amides is 1. The first-order valence-electron chi connectivity index (χ1n) is 11.6. The second-order valence-corrected chi connectivity index (χ2v) is 9.26. The highest BCUT2D eigenvalue weighted by atomic mass is 16.5. The lowest BCUT2D eigenvalue weighted by Gasteiger charge is -2.25. The van der Waals surface area contributed by atoms with Crippen LogP contribution >= 0.6 is 0 Å². The molecule has 178 valence electrons. The number of benzene rings is 2. The number of H-pyrrole nitrogens is 1. The summed E-state index contributed by atoms with van der Waals surface area (Å²) in [7, 11) is 6.04. The molecule has 0 spiro atoms. The molecule has 1 unspecified atom stereocenters. The van der Waals surface area contributed by atoms with Crippen molar-refractivity contribution in [3.05, 3.63) is 42.5 Å². The predicted molar refractivity (Wildman–Crippen MR) is 134 cm³/mol. The Balaban J connectivity index is 1.61. The third-order valence-electron chi connectivity index (χ3n) is 6.64. The SMILES string of the molecule is CN(C)CCN(C)c1cc(-c2ccc3c(c2)ncn3C2CCCOC2)c2nc[nH]c2c1C(N)=O. The number of rotatable bonds is 7. The van der Waals surface area contributed by atoms with E-state index in [1.165, 1.54) is 0 Å². The maximum atomic E-state index is 12.5. The van der Waals surface area contributed by atoms with Crippen molar-refractivity contribution in [3.8, 4) is 11.1 Å². The van der Waals surface area contributed by atoms with E-state index in [0.29, 0.717) is 17.1 Å². The number of hydrogen-bond donors (Lipinski definition) is 2. The molecule has 1 atom stereocenters. The second-order valence-electron chi connectivity index (χ2n) is 9.26. The summed E-state index contributed by atoms with van der Waals surface area (Å²) in [6, 6.07) is 8.64. The predicted octanol–water partition coefficient (Wildman–Crippen LogP) is 3.03. The molecule has 1 aliphatic rings. The number of aromatic amines is 1. The van der Waals surface area contributed by atoms with Gasteiger partial charge < -0.3 is 29.8 Å². The molecule has 0 bridgehead atoms. The number of aromatic nitrogens is 4. The summed E-state index contributed by atoms with van der Waals surface area (Å²) in [5.74, 6) is -0.476. The first kappa shape index (κ1) is 22.4. The molecule has 34 heavy (non-hydrogen) atoms. The molecule has 1 saturated heterocycles. The van der Waals surface area contributed by atoms with Crippen LogP contribution in [0.25, 0.3) is 33.2 Å². The van der Waals surface area contributed by atoms with Crippen molar-refractivity contribution in [3.63, 3.8) is 0 Å². The van der Waals surface area contributed by atoms with Gasteiger partial charge in [-0.25, -0.2) is 9.97 Å². The minimum atomic E-state index is -0.476. The molecule has 3 N–H and O–H groups in total. The summed E-state index contributed by atoms with van der Waals surface area (Å²) in [5.41, 5.74) is 12.4. The highest BCUT2D eigenvalue weighted by Gasteiger charge is 2.23. The van der Waals surface area contributed by atoms with Crippen LogP contribution in [-0.4, -0.2) is 77.8 Å². The monoisotopic (exact) mass is 461 g/mol. The Morgan fingerprint density at radius 1 is 1.24 bits per heavy atom. The summed E-state index contributed by atoms with van der Waals surface area (Å²) in [6.45, 7) is 3.15. The number of nitrogens with one attached hydrogen (secondary N) is 1. The van der Waals surface area contributed by atoms with Crippen molar-refractivity contribution >= 4 is 33.7 Å². The van der Waals surface area contributed by atoms with Gasteiger partial charge in [-0.05, 0) is 50.7 Å². The zero-order valence-electron chi connectivity index (χ0n) is 19.9. The van der Waals surface area contributed by atoms with Crippen molar-refractivity contribution in [2.24, 2.45) is 5.73 Å². The number of likely N-dealkylation sites (N-methyl/N-ethyl adjacent to an activating group) is 2. The number of anilines is 1. The molecule has 2 aromatic carbocycles. The maximum absolute atomic E-state index is 12.5. The third kappa shape index (κ3) is 4.01. The molecule has 1 fully saturated rings. The van der Waals surface area contributed by atoms with E-state index in [-0.39, 0.29) is 0 Å². The quantitative estimate of drug-likeness (QED) is 0.438. The van der Waals surface area contributed by atoms with Crippen molar-refractivity contribution in [2.75, 3.05) is 52.3 Å². The number of primary amides is 1. The van der Waals surface area contributed by atoms with Crippen LogP contribution in [0.15, 0.2) is 36.9 Å². The Hall–Kier alpha value is -3.43. The molecular formula is C25H31N7O2. The number of imidazole rings is 2. The van der Waals surface area contributed by atoms with Crippen LogP contribution < -0.4 is 10.6 Å². The van der Waals surface area contributed by atoms with Crippen LogP contribution in [0.2, 0.25) is 0 Å². The number of carbonyl (C=O) groups is 1. The first-order valence-corrected chi connectivity index (χ1v) is 11.6. The average Bonchev–Trinajstić information content (AvgIpc) is 3.48. The number of nitrogens with zero attached hydrogens (tertiary/aromatic N) is 5. The van der Waals surface area contributed by atoms with E-state index in [2.05, 4.69) is 47.5 Å². The summed E-state index contributed by atoms with van der Waals surface area (Å²) in [5, 5.41) is 0. The van der Waals surface area contributed by atoms with Crippen LogP contribution in [0.5, 0.6) is 0 Å². The fraction of sp³-hybridized carbons (Fsp3) is 0.400. The van der Waals surface area contributed by atoms with Crippen molar-refractivity contribution < 1.29 is 9.53 Å². The fourth-order valence-electron chi connectivity index (χ4n) is 4.77. The van der Waals surface area contributed by atoms with Crippen molar-refractivity contribution in [2.45, 2.75) is 18.9 Å². The lowest BCUT2D eigenvalue weighted by molar-refractivity contribution is 0.0605. The lowest BCUT2D eigenvalue weighted by atomic mass is 9.98. The Morgan fingerprint density at radius 3 is 2.82 bits per heavy atom. The summed E-state index contributed by atoms with van der Waals surface area (Å²) >= 11 is 0. The van der Waals surface area contributed by atoms with Gasteiger partial charge >= 0.3 is 0 Å². The zero-order valence-corrected chi connectivity index (χ0v) is 19.9. The van der Waals surface area contributed by atoms with Crippen molar-refractivity contribution in [1.29, 1.82) is 0 Å². The summed E-state index contributed by atoms with van der Waals surface area (Å²) in [4.78, 5) is 29.0. The standard InChI is InChI=1S/C25H31N7O2/c1-30(2)8-9-31(3)21-12-18(23-24(28-14-27-23)22(21)25(26)33)16-6-7-20-19(11-16)29-15-32(20)17-5-4-10-34-13-17/h6-7,11-12,14-15,17H,4-5,8-10,13H2,1-3H3,(H2,26,33)(H,27,28). The normalized spacial score (nSPS) is 16.5. The molecule has 5 rings (SSSR count). The van der Waals surface area contributed by atoms with Gasteiger partial charge in [0.2, 0.25) is 0 Å². The van der Waals surface area contributed by atoms with Crippen LogP contribution in [0.1, 0.15) is 29.2 Å². The number of carbonyl (C=O) groups excluding carboxylic acids is 1. The van der Waals surface area contributed by atoms with Crippen LogP contribution in [0.3, 0.4) is 0 Å². The Kier molecular flexibility index (Phi) is 5.97. The summed E-state index contributed by atoms with van der Waals surface area (Å²) in [6.07, 6.45) is 5.68. The van der Waals surface area contributed by atoms with Gasteiger partial charge in [-0.2, -0.15) is 0 Å². The molecule has 1 aliphatic heterocycles. The van der Waals surface area contributed by atoms with Gasteiger partial charge in [0.1, 0.15) is 0 Å². The van der Waals surface area contributed by atoms with Crippen LogP contribution in [0.4, 0.5) is 5.69 Å². The van der Waals surface area contributed by atoms with Crippen LogP contribution in [0, 0.1) is 0 Å². The molecule has 4 aromatic rings. The minimum absolute atomic E-state index is 0.314. The molecule has 0 aliphatic carbocycles. The third-order valence-corrected chi connectivity index (χ3v) is 6.64. The molecule has 0 saturated carbocycles. The van der Waals surface area contributed by atoms with E-state index in [4.69, 9.17) is 10.5 Å². The Morgan fingerprint density at radius 2 is 2.09 bits per heavy atom. The molecule has 1 amide bonds. The molecule has 9 heteroatoms. The van der Waals surface area contributed by atoms with Gasteiger partial charge in [0.25, 0.3) is 5.91 Å². The lowest BCUT2D eigenvalue weighted by Crippen LogP contribution is -2.30. The molecular weight excluding hydrogens is 430 g/mol. The van der Waals surface area contributed by atoms with E-state index in [1.54, 1.807) is 6.33 Å². The zero-order chi connectivity index (χ0) is 23.8. The molecule has 0 radical (unpaired) electrons. The van der Waals surface area contributed by atoms with Crippen molar-refractivity contribution in [1.82, 2.24) is 24.4 Å². The average molecular weight is 462 g/mol. The second kappa shape index (κ2) is 9.08. The van der Waals surface area contributed by atoms with Crippen LogP contribution in [-0.2, 0) is 4.74 Å². The van der Waals surface area contributed by atoms with Gasteiger partial charge in [-0.3, -0.25) is 4.79 Å². The fourth-order valence-corrected chi connectivity index (χ4v) is 4.77. The summed E-state index contributed by atoms with van der Waals surface area (Å²) < 4.78 is 7.90. The van der Waals surface area contributed by atoms with Gasteiger partial charge in [0.15, 0.2) is 0 Å². The highest BCUT2D eigenvalue weighted by molar-refractivity contribution is 6.13. The minimum Gasteiger partial charge on any atom is -0.379 e. The molecule has 2 aromatic heterocycles. The smallest absolute Gasteiger partial charge is 0.253 e. The largest absolute Gasteiger partial charge is 0.379 e. The van der Waals surface area contributed by atoms with E-state index < -0.39 is 5.91 Å². The number of hydrogen-bond acceptors (Lipinski definition) is 6. The molecule has 3 heterocycles. The maximum Gasteiger partial charge on any atom is 0.253 e. The van der Waals surface area contributed by atoms with Gasteiger partial charge in [0.05, 0.1) is 58.6 Å². The van der Waals surface area contributed by atoms with E-state index >= 15 is 0 Å². The number of nitrogens with two attached hydrogens (primary N) is 1. The van der Waals surface area contributed by atoms with Gasteiger partial charge in [0, 0.05) is 32.3 Å². The Bertz CT molecular complexity index is 1330. The topological polar surface area (TPSA) is 105 Å². The van der Waals surface area contributed by atoms with E-state index in [0.717, 1.165) is 72.5 Å².